The molecule has 0 bridgehead atoms. The molecule has 1 aliphatic rings. The molecule has 0 unspecified atom stereocenters. The van der Waals surface area contributed by atoms with Crippen molar-refractivity contribution in [2.45, 2.75) is 12.8 Å². The molecule has 0 aromatic heterocycles. The number of anilines is 2. The normalized spacial score (nSPS) is 14.7. The van der Waals surface area contributed by atoms with Crippen molar-refractivity contribution in [3.63, 3.8) is 0 Å². The highest BCUT2D eigenvalue weighted by molar-refractivity contribution is 6.07. The lowest BCUT2D eigenvalue weighted by Crippen LogP contribution is -2.15. The van der Waals surface area contributed by atoms with Crippen molar-refractivity contribution < 1.29 is 9.90 Å². The van der Waals surface area contributed by atoms with Gasteiger partial charge in [-0.2, -0.15) is 5.26 Å². The van der Waals surface area contributed by atoms with Crippen molar-refractivity contribution in [1.82, 2.24) is 0 Å². The Balaban J connectivity index is 0.00000180. The molecule has 1 fully saturated rings. The van der Waals surface area contributed by atoms with E-state index in [4.69, 9.17) is 11.0 Å². The molecule has 6 heteroatoms. The van der Waals surface area contributed by atoms with E-state index >= 15 is 0 Å². The number of aliphatic hydroxyl groups excluding tert-OH is 1. The molecule has 0 atom stereocenters. The molecule has 100 valence electrons. The van der Waals surface area contributed by atoms with Gasteiger partial charge in [0.05, 0.1) is 0 Å². The van der Waals surface area contributed by atoms with Crippen LogP contribution in [0.1, 0.15) is 12.8 Å². The van der Waals surface area contributed by atoms with Crippen molar-refractivity contribution in [3.05, 3.63) is 35.6 Å². The van der Waals surface area contributed by atoms with Crippen molar-refractivity contribution in [2.24, 2.45) is 5.92 Å². The Bertz CT molecular complexity index is 542. The summed E-state index contributed by atoms with van der Waals surface area (Å²) in [5, 5.41) is 21.2. The third-order valence-electron chi connectivity index (χ3n) is 2.73. The minimum Gasteiger partial charge on any atom is -0.510 e. The van der Waals surface area contributed by atoms with Crippen LogP contribution in [0.2, 0.25) is 0 Å². The first kappa shape index (κ1) is 14.9. The predicted molar refractivity (Wildman–Crippen MR) is 74.7 cm³/mol. The summed E-state index contributed by atoms with van der Waals surface area (Å²) in [6.07, 6.45) is 1.65. The fraction of sp³-hybridized carbons (Fsp3) is 0.231. The molecule has 0 aliphatic heterocycles. The number of nitrogen functional groups attached to an aromatic ring is 1. The molecule has 0 saturated heterocycles. The number of hydrogen-bond acceptors (Lipinski definition) is 4. The van der Waals surface area contributed by atoms with Crippen LogP contribution in [0.5, 0.6) is 0 Å². The van der Waals surface area contributed by atoms with Crippen LogP contribution in [-0.4, -0.2) is 11.0 Å². The lowest BCUT2D eigenvalue weighted by molar-refractivity contribution is -0.112. The van der Waals surface area contributed by atoms with E-state index in [0.29, 0.717) is 11.4 Å². The first-order valence-corrected chi connectivity index (χ1v) is 5.62. The zero-order valence-corrected chi connectivity index (χ0v) is 10.9. The molecule has 5 nitrogen and oxygen atoms in total. The summed E-state index contributed by atoms with van der Waals surface area (Å²) < 4.78 is 0. The summed E-state index contributed by atoms with van der Waals surface area (Å²) in [4.78, 5) is 11.8. The first-order chi connectivity index (χ1) is 8.61. The molecule has 1 amide bonds. The monoisotopic (exact) mass is 279 g/mol. The van der Waals surface area contributed by atoms with Gasteiger partial charge in [-0.05, 0) is 37.1 Å². The average molecular weight is 280 g/mol. The highest BCUT2D eigenvalue weighted by Gasteiger charge is 2.30. The van der Waals surface area contributed by atoms with Crippen LogP contribution >= 0.6 is 12.4 Å². The van der Waals surface area contributed by atoms with Gasteiger partial charge >= 0.3 is 0 Å². The lowest BCUT2D eigenvalue weighted by atomic mass is 10.1. The Morgan fingerprint density at radius 2 is 1.95 bits per heavy atom. The van der Waals surface area contributed by atoms with E-state index in [9.17, 15) is 9.90 Å². The van der Waals surface area contributed by atoms with Gasteiger partial charge in [0.2, 0.25) is 0 Å². The van der Waals surface area contributed by atoms with Crippen molar-refractivity contribution in [3.8, 4) is 6.07 Å². The van der Waals surface area contributed by atoms with Crippen molar-refractivity contribution >= 4 is 29.7 Å². The van der Waals surface area contributed by atoms with Gasteiger partial charge in [0, 0.05) is 17.3 Å². The Labute approximate surface area is 117 Å². The van der Waals surface area contributed by atoms with Gasteiger partial charge in [0.1, 0.15) is 11.8 Å². The number of carbonyl (C=O) groups is 1. The minimum absolute atomic E-state index is 0. The first-order valence-electron chi connectivity index (χ1n) is 5.62. The quantitative estimate of drug-likeness (QED) is 0.342. The van der Waals surface area contributed by atoms with E-state index in [2.05, 4.69) is 5.32 Å². The molecule has 0 radical (unpaired) electrons. The number of halogens is 1. The number of allylic oxidation sites excluding steroid dienone is 1. The second-order valence-corrected chi connectivity index (χ2v) is 4.22. The molecule has 2 rings (SSSR count). The molecule has 1 aromatic carbocycles. The second-order valence-electron chi connectivity index (χ2n) is 4.22. The number of amides is 1. The maximum Gasteiger partial charge on any atom is 0.269 e. The van der Waals surface area contributed by atoms with Gasteiger partial charge in [-0.15, -0.1) is 12.4 Å². The summed E-state index contributed by atoms with van der Waals surface area (Å²) in [6, 6.07) is 8.31. The number of rotatable bonds is 3. The van der Waals surface area contributed by atoms with Gasteiger partial charge in [-0.25, -0.2) is 0 Å². The standard InChI is InChI=1S/C13H13N3O2.ClH/c14-7-11(12(17)8-1-2-8)13(18)16-10-5-3-9(15)4-6-10;/h3-6,8,17H,1-2,15H2,(H,16,18);1H/b12-11-;. The maximum atomic E-state index is 11.8. The molecule has 19 heavy (non-hydrogen) atoms. The second kappa shape index (κ2) is 6.12. The lowest BCUT2D eigenvalue weighted by Gasteiger charge is -2.06. The minimum atomic E-state index is -0.591. The van der Waals surface area contributed by atoms with E-state index < -0.39 is 5.91 Å². The van der Waals surface area contributed by atoms with E-state index in [1.807, 2.05) is 0 Å². The highest BCUT2D eigenvalue weighted by atomic mass is 35.5. The topological polar surface area (TPSA) is 99.1 Å². The summed E-state index contributed by atoms with van der Waals surface area (Å²) in [7, 11) is 0. The number of nitrogens with two attached hydrogens (primary N) is 1. The number of nitriles is 1. The van der Waals surface area contributed by atoms with Crippen molar-refractivity contribution in [2.75, 3.05) is 11.1 Å². The SMILES string of the molecule is Cl.N#C/C(C(=O)Nc1ccc(N)cc1)=C(/O)C1CC1. The summed E-state index contributed by atoms with van der Waals surface area (Å²) >= 11 is 0. The predicted octanol–water partition coefficient (Wildman–Crippen LogP) is 2.37. The highest BCUT2D eigenvalue weighted by Crippen LogP contribution is 2.36. The third kappa shape index (κ3) is 3.63. The zero-order chi connectivity index (χ0) is 13.1. The van der Waals surface area contributed by atoms with Crippen molar-refractivity contribution in [1.29, 1.82) is 5.26 Å². The largest absolute Gasteiger partial charge is 0.510 e. The summed E-state index contributed by atoms with van der Waals surface area (Å²) in [5.74, 6) is -0.728. The molecule has 1 aromatic rings. The van der Waals surface area contributed by atoms with Gasteiger partial charge in [0.25, 0.3) is 5.91 Å². The van der Waals surface area contributed by atoms with Crippen LogP contribution in [0.3, 0.4) is 0 Å². The van der Waals surface area contributed by atoms with E-state index in [1.165, 1.54) is 0 Å². The molecule has 0 heterocycles. The Morgan fingerprint density at radius 3 is 2.42 bits per heavy atom. The fourth-order valence-electron chi connectivity index (χ4n) is 1.55. The number of hydrogen-bond donors (Lipinski definition) is 3. The number of carbonyl (C=O) groups excluding carboxylic acids is 1. The molecular formula is C13H14ClN3O2. The Morgan fingerprint density at radius 1 is 1.37 bits per heavy atom. The average Bonchev–Trinajstić information content (AvgIpc) is 3.17. The summed E-state index contributed by atoms with van der Waals surface area (Å²) in [5.41, 5.74) is 6.43. The third-order valence-corrected chi connectivity index (χ3v) is 2.73. The van der Waals surface area contributed by atoms with Gasteiger partial charge in [-0.3, -0.25) is 4.79 Å². The van der Waals surface area contributed by atoms with Gasteiger partial charge in [-0.1, -0.05) is 0 Å². The van der Waals surface area contributed by atoms with Gasteiger partial charge < -0.3 is 16.2 Å². The van der Waals surface area contributed by atoms with E-state index in [-0.39, 0.29) is 29.7 Å². The molecule has 4 N–H and O–H groups in total. The van der Waals surface area contributed by atoms with Crippen LogP contribution in [-0.2, 0) is 4.79 Å². The smallest absolute Gasteiger partial charge is 0.269 e. The number of nitrogens with one attached hydrogen (secondary N) is 1. The molecule has 1 saturated carbocycles. The van der Waals surface area contributed by atoms with Crippen LogP contribution in [0.25, 0.3) is 0 Å². The maximum absolute atomic E-state index is 11.8. The zero-order valence-electron chi connectivity index (χ0n) is 10.1. The Kier molecular flexibility index (Phi) is 4.79. The number of benzene rings is 1. The fourth-order valence-corrected chi connectivity index (χ4v) is 1.55. The molecule has 0 spiro atoms. The number of nitrogens with zero attached hydrogens (tertiary/aromatic N) is 1. The van der Waals surface area contributed by atoms with Crippen LogP contribution in [0.4, 0.5) is 11.4 Å². The number of aliphatic hydroxyl groups is 1. The van der Waals surface area contributed by atoms with E-state index in [1.54, 1.807) is 30.3 Å². The van der Waals surface area contributed by atoms with Crippen LogP contribution in [0.15, 0.2) is 35.6 Å². The van der Waals surface area contributed by atoms with Crippen LogP contribution in [0, 0.1) is 17.2 Å². The Hall–Kier alpha value is -2.19. The molecule has 1 aliphatic carbocycles. The summed E-state index contributed by atoms with van der Waals surface area (Å²) in [6.45, 7) is 0. The van der Waals surface area contributed by atoms with Gasteiger partial charge in [0.15, 0.2) is 5.57 Å². The van der Waals surface area contributed by atoms with E-state index in [0.717, 1.165) is 12.8 Å². The van der Waals surface area contributed by atoms with Crippen LogP contribution < -0.4 is 11.1 Å². The molecular weight excluding hydrogens is 266 g/mol.